The summed E-state index contributed by atoms with van der Waals surface area (Å²) in [5.41, 5.74) is 4.80. The largest absolute Gasteiger partial charge is 0.387 e. The molecule has 4 heteroatoms. The molecule has 1 N–H and O–H groups in total. The fourth-order valence-corrected chi connectivity index (χ4v) is 3.73. The fraction of sp³-hybridized carbons (Fsp3) is 0.160. The summed E-state index contributed by atoms with van der Waals surface area (Å²) < 4.78 is 0. The van der Waals surface area contributed by atoms with Crippen LogP contribution in [0.1, 0.15) is 17.2 Å². The maximum Gasteiger partial charge on any atom is 0.0924 e. The van der Waals surface area contributed by atoms with E-state index in [-0.39, 0.29) is 0 Å². The second kappa shape index (κ2) is 8.75. The van der Waals surface area contributed by atoms with E-state index in [9.17, 15) is 5.11 Å². The highest BCUT2D eigenvalue weighted by Crippen LogP contribution is 2.29. The smallest absolute Gasteiger partial charge is 0.0924 e. The van der Waals surface area contributed by atoms with Crippen LogP contribution in [0.5, 0.6) is 0 Å². The predicted octanol–water partition coefficient (Wildman–Crippen LogP) is 5.72. The molecule has 146 valence electrons. The minimum atomic E-state index is -0.623. The summed E-state index contributed by atoms with van der Waals surface area (Å²) in [5.74, 6) is 0. The molecule has 1 heterocycles. The summed E-state index contributed by atoms with van der Waals surface area (Å²) in [6, 6.07) is 27.9. The molecule has 4 aromatic rings. The first kappa shape index (κ1) is 19.6. The third-order valence-corrected chi connectivity index (χ3v) is 5.28. The van der Waals surface area contributed by atoms with Crippen LogP contribution in [0, 0.1) is 0 Å². The van der Waals surface area contributed by atoms with E-state index >= 15 is 0 Å². The lowest BCUT2D eigenvalue weighted by molar-refractivity contribution is 0.125. The third kappa shape index (κ3) is 4.65. The molecule has 0 aliphatic carbocycles. The van der Waals surface area contributed by atoms with E-state index in [1.165, 1.54) is 5.56 Å². The average Bonchev–Trinajstić information content (AvgIpc) is 2.74. The normalized spacial score (nSPS) is 12.4. The average molecular weight is 403 g/mol. The number of aromatic nitrogens is 1. The van der Waals surface area contributed by atoms with Gasteiger partial charge in [0.15, 0.2) is 0 Å². The molecule has 29 heavy (non-hydrogen) atoms. The van der Waals surface area contributed by atoms with Crippen molar-refractivity contribution in [3.63, 3.8) is 0 Å². The van der Waals surface area contributed by atoms with Gasteiger partial charge in [0.1, 0.15) is 0 Å². The van der Waals surface area contributed by atoms with Crippen molar-refractivity contribution in [1.29, 1.82) is 0 Å². The van der Waals surface area contributed by atoms with Crippen molar-refractivity contribution in [1.82, 2.24) is 9.88 Å². The summed E-state index contributed by atoms with van der Waals surface area (Å²) in [6.07, 6.45) is -0.623. The van der Waals surface area contributed by atoms with Gasteiger partial charge in [0.2, 0.25) is 0 Å². The predicted molar refractivity (Wildman–Crippen MR) is 120 cm³/mol. The Bertz CT molecular complexity index is 1100. The first-order chi connectivity index (χ1) is 14.1. The second-order valence-corrected chi connectivity index (χ2v) is 7.76. The van der Waals surface area contributed by atoms with Gasteiger partial charge >= 0.3 is 0 Å². The second-order valence-electron chi connectivity index (χ2n) is 7.32. The molecule has 0 aliphatic heterocycles. The van der Waals surface area contributed by atoms with Crippen LogP contribution in [0.4, 0.5) is 0 Å². The van der Waals surface area contributed by atoms with Gasteiger partial charge in [-0.3, -0.25) is 4.90 Å². The zero-order valence-corrected chi connectivity index (χ0v) is 17.1. The van der Waals surface area contributed by atoms with Crippen molar-refractivity contribution in [3.05, 3.63) is 101 Å². The Morgan fingerprint density at radius 2 is 1.62 bits per heavy atom. The Morgan fingerprint density at radius 1 is 0.931 bits per heavy atom. The molecule has 0 amide bonds. The SMILES string of the molecule is CN(Cc1ccccc1)CC(O)c1cc(-c2ccc(Cl)cc2)nc2ccccc12. The van der Waals surface area contributed by atoms with Gasteiger partial charge in [0.05, 0.1) is 17.3 Å². The number of hydrogen-bond donors (Lipinski definition) is 1. The number of para-hydroxylation sites is 1. The number of aliphatic hydroxyl groups is 1. The lowest BCUT2D eigenvalue weighted by atomic mass is 10.00. The van der Waals surface area contributed by atoms with E-state index in [1.54, 1.807) is 0 Å². The van der Waals surface area contributed by atoms with Crippen LogP contribution in [0.25, 0.3) is 22.2 Å². The number of halogens is 1. The molecule has 1 unspecified atom stereocenters. The van der Waals surface area contributed by atoms with Crippen molar-refractivity contribution in [3.8, 4) is 11.3 Å². The Hall–Kier alpha value is -2.72. The number of rotatable bonds is 6. The summed E-state index contributed by atoms with van der Waals surface area (Å²) in [4.78, 5) is 6.93. The molecule has 0 fully saturated rings. The van der Waals surface area contributed by atoms with Crippen LogP contribution in [-0.2, 0) is 6.54 Å². The third-order valence-electron chi connectivity index (χ3n) is 5.03. The topological polar surface area (TPSA) is 36.4 Å². The van der Waals surface area contributed by atoms with Gasteiger partial charge in [-0.2, -0.15) is 0 Å². The lowest BCUT2D eigenvalue weighted by Gasteiger charge is -2.22. The lowest BCUT2D eigenvalue weighted by Crippen LogP contribution is -2.24. The molecular weight excluding hydrogens is 380 g/mol. The Labute approximate surface area is 176 Å². The van der Waals surface area contributed by atoms with Crippen molar-refractivity contribution in [2.75, 3.05) is 13.6 Å². The van der Waals surface area contributed by atoms with Crippen LogP contribution in [0.15, 0.2) is 84.9 Å². The number of benzene rings is 3. The summed E-state index contributed by atoms with van der Waals surface area (Å²) >= 11 is 6.03. The number of hydrogen-bond acceptors (Lipinski definition) is 3. The number of nitrogens with zero attached hydrogens (tertiary/aromatic N) is 2. The van der Waals surface area contributed by atoms with Crippen molar-refractivity contribution in [2.45, 2.75) is 12.6 Å². The number of fused-ring (bicyclic) bond motifs is 1. The highest BCUT2D eigenvalue weighted by molar-refractivity contribution is 6.30. The van der Waals surface area contributed by atoms with E-state index in [0.717, 1.165) is 34.3 Å². The van der Waals surface area contributed by atoms with E-state index in [2.05, 4.69) is 17.0 Å². The Balaban J connectivity index is 1.65. The molecule has 0 aliphatic rings. The first-order valence-electron chi connectivity index (χ1n) is 9.66. The minimum absolute atomic E-state index is 0.531. The number of likely N-dealkylation sites (N-methyl/N-ethyl adjacent to an activating group) is 1. The minimum Gasteiger partial charge on any atom is -0.387 e. The maximum absolute atomic E-state index is 11.1. The van der Waals surface area contributed by atoms with Crippen LogP contribution < -0.4 is 0 Å². The van der Waals surface area contributed by atoms with Gasteiger partial charge in [0.25, 0.3) is 0 Å². The zero-order valence-electron chi connectivity index (χ0n) is 16.3. The van der Waals surface area contributed by atoms with Crippen LogP contribution in [0.3, 0.4) is 0 Å². The van der Waals surface area contributed by atoms with E-state index in [4.69, 9.17) is 16.6 Å². The fourth-order valence-electron chi connectivity index (χ4n) is 3.60. The highest BCUT2D eigenvalue weighted by Gasteiger charge is 2.16. The monoisotopic (exact) mass is 402 g/mol. The standard InChI is InChI=1S/C25H23ClN2O/c1-28(16-18-7-3-2-4-8-18)17-25(29)22-15-24(19-11-13-20(26)14-12-19)27-23-10-6-5-9-21(22)23/h2-15,25,29H,16-17H2,1H3. The highest BCUT2D eigenvalue weighted by atomic mass is 35.5. The van der Waals surface area contributed by atoms with Crippen LogP contribution in [-0.4, -0.2) is 28.6 Å². The molecule has 0 saturated carbocycles. The van der Waals surface area contributed by atoms with Crippen LogP contribution in [0.2, 0.25) is 5.02 Å². The quantitative estimate of drug-likeness (QED) is 0.448. The van der Waals surface area contributed by atoms with Gasteiger partial charge < -0.3 is 5.11 Å². The molecule has 0 radical (unpaired) electrons. The molecular formula is C25H23ClN2O. The molecule has 3 nitrogen and oxygen atoms in total. The summed E-state index contributed by atoms with van der Waals surface area (Å²) in [7, 11) is 2.03. The molecule has 0 spiro atoms. The van der Waals surface area contributed by atoms with Gasteiger partial charge in [-0.05, 0) is 42.4 Å². The molecule has 1 atom stereocenters. The maximum atomic E-state index is 11.1. The van der Waals surface area contributed by atoms with E-state index in [0.29, 0.717) is 11.6 Å². The van der Waals surface area contributed by atoms with Crippen molar-refractivity contribution in [2.24, 2.45) is 0 Å². The van der Waals surface area contributed by atoms with E-state index in [1.807, 2.05) is 79.8 Å². The Morgan fingerprint density at radius 3 is 2.38 bits per heavy atom. The first-order valence-corrected chi connectivity index (χ1v) is 10.0. The number of pyridine rings is 1. The van der Waals surface area contributed by atoms with Gasteiger partial charge in [-0.25, -0.2) is 4.98 Å². The van der Waals surface area contributed by atoms with E-state index < -0.39 is 6.10 Å². The van der Waals surface area contributed by atoms with Crippen LogP contribution >= 0.6 is 11.6 Å². The Kier molecular flexibility index (Phi) is 5.91. The zero-order chi connectivity index (χ0) is 20.2. The molecule has 4 rings (SSSR count). The number of aliphatic hydroxyl groups excluding tert-OH is 1. The van der Waals surface area contributed by atoms with Crippen molar-refractivity contribution < 1.29 is 5.11 Å². The van der Waals surface area contributed by atoms with Crippen molar-refractivity contribution >= 4 is 22.5 Å². The summed E-state index contributed by atoms with van der Waals surface area (Å²) in [5, 5.41) is 12.8. The molecule has 1 aromatic heterocycles. The van der Waals surface area contributed by atoms with Gasteiger partial charge in [-0.15, -0.1) is 0 Å². The molecule has 0 bridgehead atoms. The van der Waals surface area contributed by atoms with Gasteiger partial charge in [-0.1, -0.05) is 72.3 Å². The van der Waals surface area contributed by atoms with Gasteiger partial charge in [0, 0.05) is 29.1 Å². The molecule has 0 saturated heterocycles. The molecule has 3 aromatic carbocycles. The summed E-state index contributed by atoms with van der Waals surface area (Å²) in [6.45, 7) is 1.31.